The topological polar surface area (TPSA) is 12.9 Å². The van der Waals surface area contributed by atoms with Gasteiger partial charge in [-0.1, -0.05) is 60.0 Å². The molecule has 0 aliphatic carbocycles. The molecule has 0 N–H and O–H groups in total. The van der Waals surface area contributed by atoms with Crippen molar-refractivity contribution in [2.75, 3.05) is 0 Å². The molecular formula is C15H18BrN. The van der Waals surface area contributed by atoms with Gasteiger partial charge in [0.2, 0.25) is 0 Å². The van der Waals surface area contributed by atoms with Crippen molar-refractivity contribution in [1.82, 2.24) is 4.98 Å². The van der Waals surface area contributed by atoms with Gasteiger partial charge in [0.1, 0.15) is 0 Å². The van der Waals surface area contributed by atoms with Gasteiger partial charge in [-0.25, -0.2) is 0 Å². The molecule has 2 rings (SSSR count). The minimum Gasteiger partial charge on any atom is -0.253 e. The largest absolute Gasteiger partial charge is 0.253 e. The maximum absolute atomic E-state index is 4.69. The fourth-order valence-electron chi connectivity index (χ4n) is 1.98. The Morgan fingerprint density at radius 3 is 2.82 bits per heavy atom. The van der Waals surface area contributed by atoms with Gasteiger partial charge in [0.05, 0.1) is 5.52 Å². The summed E-state index contributed by atoms with van der Waals surface area (Å²) in [7, 11) is 0. The molecule has 0 fully saturated rings. The van der Waals surface area contributed by atoms with E-state index in [1.165, 1.54) is 30.3 Å². The van der Waals surface area contributed by atoms with E-state index in [0.717, 1.165) is 11.9 Å². The average molecular weight is 292 g/mol. The number of hydrogen-bond donors (Lipinski definition) is 0. The van der Waals surface area contributed by atoms with Crippen LogP contribution in [-0.2, 0) is 6.42 Å². The van der Waals surface area contributed by atoms with Crippen LogP contribution in [0.5, 0.6) is 0 Å². The van der Waals surface area contributed by atoms with Crippen LogP contribution in [0.3, 0.4) is 0 Å². The van der Waals surface area contributed by atoms with E-state index in [9.17, 15) is 0 Å². The van der Waals surface area contributed by atoms with E-state index in [1.807, 2.05) is 6.07 Å². The van der Waals surface area contributed by atoms with Crippen LogP contribution in [0.25, 0.3) is 10.9 Å². The van der Waals surface area contributed by atoms with Crippen LogP contribution in [-0.4, -0.2) is 9.81 Å². The van der Waals surface area contributed by atoms with Gasteiger partial charge in [-0.3, -0.25) is 4.98 Å². The number of hydrogen-bond acceptors (Lipinski definition) is 1. The quantitative estimate of drug-likeness (QED) is 0.726. The molecule has 0 saturated carbocycles. The fourth-order valence-corrected chi connectivity index (χ4v) is 2.63. The van der Waals surface area contributed by atoms with E-state index in [4.69, 9.17) is 4.98 Å². The van der Waals surface area contributed by atoms with Crippen molar-refractivity contribution in [1.29, 1.82) is 0 Å². The van der Waals surface area contributed by atoms with Gasteiger partial charge in [-0.05, 0) is 18.6 Å². The third kappa shape index (κ3) is 3.53. The number of fused-ring (bicyclic) bond motifs is 1. The number of benzene rings is 1. The normalized spacial score (nSPS) is 12.8. The Bertz CT molecular complexity index is 481. The van der Waals surface area contributed by atoms with Gasteiger partial charge in [-0.2, -0.15) is 0 Å². The highest BCUT2D eigenvalue weighted by Gasteiger charge is 2.06. The summed E-state index contributed by atoms with van der Waals surface area (Å²) >= 11 is 3.74. The van der Waals surface area contributed by atoms with Gasteiger partial charge >= 0.3 is 0 Å². The SMILES string of the molecule is CCCCC(Br)Cc1ccc2ccccc2n1. The molecule has 0 radical (unpaired) electrons. The molecular weight excluding hydrogens is 274 g/mol. The van der Waals surface area contributed by atoms with E-state index in [2.05, 4.69) is 53.2 Å². The molecule has 1 nitrogen and oxygen atoms in total. The van der Waals surface area contributed by atoms with E-state index < -0.39 is 0 Å². The molecule has 1 unspecified atom stereocenters. The number of pyridine rings is 1. The highest BCUT2D eigenvalue weighted by molar-refractivity contribution is 9.09. The van der Waals surface area contributed by atoms with Gasteiger partial charge in [-0.15, -0.1) is 0 Å². The van der Waals surface area contributed by atoms with E-state index in [1.54, 1.807) is 0 Å². The summed E-state index contributed by atoms with van der Waals surface area (Å²) < 4.78 is 0. The fraction of sp³-hybridized carbons (Fsp3) is 0.400. The van der Waals surface area contributed by atoms with Crippen LogP contribution in [0.2, 0.25) is 0 Å². The molecule has 2 aromatic rings. The Hall–Kier alpha value is -0.890. The molecule has 2 heteroatoms. The Morgan fingerprint density at radius 2 is 2.00 bits per heavy atom. The van der Waals surface area contributed by atoms with Crippen molar-refractivity contribution in [2.45, 2.75) is 37.4 Å². The number of aromatic nitrogens is 1. The second-order valence-electron chi connectivity index (χ2n) is 4.44. The molecule has 17 heavy (non-hydrogen) atoms. The second-order valence-corrected chi connectivity index (χ2v) is 5.73. The summed E-state index contributed by atoms with van der Waals surface area (Å²) in [6.45, 7) is 2.23. The van der Waals surface area contributed by atoms with Crippen LogP contribution >= 0.6 is 15.9 Å². The molecule has 1 aromatic carbocycles. The Kier molecular flexibility index (Phi) is 4.55. The zero-order valence-corrected chi connectivity index (χ0v) is 11.8. The summed E-state index contributed by atoms with van der Waals surface area (Å²) in [5, 5.41) is 1.22. The molecule has 0 spiro atoms. The monoisotopic (exact) mass is 291 g/mol. The van der Waals surface area contributed by atoms with Crippen LogP contribution in [0, 0.1) is 0 Å². The van der Waals surface area contributed by atoms with Gasteiger partial charge in [0, 0.05) is 22.3 Å². The average Bonchev–Trinajstić information content (AvgIpc) is 2.36. The zero-order valence-electron chi connectivity index (χ0n) is 10.2. The molecule has 0 bridgehead atoms. The van der Waals surface area contributed by atoms with Crippen LogP contribution in [0.15, 0.2) is 36.4 Å². The summed E-state index contributed by atoms with van der Waals surface area (Å²) in [6, 6.07) is 12.6. The number of rotatable bonds is 5. The maximum atomic E-state index is 4.69. The van der Waals surface area contributed by atoms with E-state index in [0.29, 0.717) is 4.83 Å². The standard InChI is InChI=1S/C15H18BrN/c1-2-3-7-13(16)11-14-10-9-12-6-4-5-8-15(12)17-14/h4-6,8-10,13H,2-3,7,11H2,1H3. The first-order valence-electron chi connectivity index (χ1n) is 6.28. The zero-order chi connectivity index (χ0) is 12.1. The Balaban J connectivity index is 2.08. The molecule has 90 valence electrons. The number of nitrogens with zero attached hydrogens (tertiary/aromatic N) is 1. The second kappa shape index (κ2) is 6.15. The van der Waals surface area contributed by atoms with Crippen LogP contribution < -0.4 is 0 Å². The minimum absolute atomic E-state index is 0.552. The number of alkyl halides is 1. The molecule has 1 atom stereocenters. The smallest absolute Gasteiger partial charge is 0.0705 e. The molecule has 0 aliphatic heterocycles. The first kappa shape index (κ1) is 12.6. The lowest BCUT2D eigenvalue weighted by molar-refractivity contribution is 0.682. The van der Waals surface area contributed by atoms with Crippen molar-refractivity contribution in [3.05, 3.63) is 42.1 Å². The van der Waals surface area contributed by atoms with E-state index >= 15 is 0 Å². The van der Waals surface area contributed by atoms with Crippen LogP contribution in [0.1, 0.15) is 31.9 Å². The minimum atomic E-state index is 0.552. The van der Waals surface area contributed by atoms with Crippen molar-refractivity contribution < 1.29 is 0 Å². The lowest BCUT2D eigenvalue weighted by Crippen LogP contribution is -2.04. The van der Waals surface area contributed by atoms with Gasteiger partial charge in [0.25, 0.3) is 0 Å². The first-order chi connectivity index (χ1) is 8.29. The van der Waals surface area contributed by atoms with Gasteiger partial charge in [0.15, 0.2) is 0 Å². The van der Waals surface area contributed by atoms with Crippen LogP contribution in [0.4, 0.5) is 0 Å². The molecule has 1 heterocycles. The summed E-state index contributed by atoms with van der Waals surface area (Å²) in [5.41, 5.74) is 2.28. The Morgan fingerprint density at radius 1 is 1.18 bits per heavy atom. The number of halogens is 1. The first-order valence-corrected chi connectivity index (χ1v) is 7.20. The third-order valence-corrected chi connectivity index (χ3v) is 3.74. The molecule has 0 aliphatic rings. The Labute approximate surface area is 111 Å². The maximum Gasteiger partial charge on any atom is 0.0705 e. The molecule has 0 saturated heterocycles. The summed E-state index contributed by atoms with van der Waals surface area (Å²) in [5.74, 6) is 0. The predicted molar refractivity (Wildman–Crippen MR) is 77.7 cm³/mol. The van der Waals surface area contributed by atoms with Crippen molar-refractivity contribution in [3.8, 4) is 0 Å². The lowest BCUT2D eigenvalue weighted by atomic mass is 10.1. The van der Waals surface area contributed by atoms with Gasteiger partial charge < -0.3 is 0 Å². The highest BCUT2D eigenvalue weighted by Crippen LogP contribution is 2.17. The highest BCUT2D eigenvalue weighted by atomic mass is 79.9. The summed E-state index contributed by atoms with van der Waals surface area (Å²) in [4.78, 5) is 5.25. The van der Waals surface area contributed by atoms with Crippen molar-refractivity contribution >= 4 is 26.8 Å². The third-order valence-electron chi connectivity index (χ3n) is 2.96. The summed E-state index contributed by atoms with van der Waals surface area (Å²) in [6.07, 6.45) is 4.78. The molecule has 0 amide bonds. The number of unbranched alkanes of at least 4 members (excludes halogenated alkanes) is 1. The van der Waals surface area contributed by atoms with E-state index in [-0.39, 0.29) is 0 Å². The lowest BCUT2D eigenvalue weighted by Gasteiger charge is -2.09. The molecule has 1 aromatic heterocycles. The van der Waals surface area contributed by atoms with Crippen molar-refractivity contribution in [2.24, 2.45) is 0 Å². The predicted octanol–water partition coefficient (Wildman–Crippen LogP) is 4.73. The number of para-hydroxylation sites is 1. The van der Waals surface area contributed by atoms with Crippen molar-refractivity contribution in [3.63, 3.8) is 0 Å².